The van der Waals surface area contributed by atoms with Crippen LogP contribution in [0.2, 0.25) is 0 Å². The molecule has 0 bridgehead atoms. The van der Waals surface area contributed by atoms with Gasteiger partial charge in [0.25, 0.3) is 0 Å². The van der Waals surface area contributed by atoms with Crippen molar-refractivity contribution in [3.05, 3.63) is 22.9 Å². The highest BCUT2D eigenvalue weighted by Crippen LogP contribution is 2.17. The third-order valence-corrected chi connectivity index (χ3v) is 2.97. The third kappa shape index (κ3) is 1.56. The van der Waals surface area contributed by atoms with E-state index >= 15 is 0 Å². The molecule has 2 aromatic rings. The number of aromatic nitrogens is 3. The lowest BCUT2D eigenvalue weighted by Crippen LogP contribution is -2.06. The molecule has 68 valence electrons. The summed E-state index contributed by atoms with van der Waals surface area (Å²) in [5, 5.41) is 4.41. The maximum Gasteiger partial charge on any atom is 0.359 e. The lowest BCUT2D eigenvalue weighted by molar-refractivity contribution is 0.586. The molecule has 0 radical (unpaired) electrons. The quantitative estimate of drug-likeness (QED) is 0.724. The molecule has 2 aromatic heterocycles. The molecule has 1 unspecified atom stereocenters. The van der Waals surface area contributed by atoms with Gasteiger partial charge in [-0.15, -0.1) is 0 Å². The average molecular weight is 260 g/mol. The first-order chi connectivity index (χ1) is 6.18. The lowest BCUT2D eigenvalue weighted by Gasteiger charge is -2.01. The van der Waals surface area contributed by atoms with Gasteiger partial charge in [0.2, 0.25) is 0 Å². The van der Waals surface area contributed by atoms with E-state index in [1.165, 1.54) is 0 Å². The van der Waals surface area contributed by atoms with Crippen LogP contribution in [0.3, 0.4) is 0 Å². The Balaban J connectivity index is 2.63. The van der Waals surface area contributed by atoms with E-state index in [0.717, 1.165) is 9.99 Å². The van der Waals surface area contributed by atoms with Crippen LogP contribution in [0.5, 0.6) is 0 Å². The summed E-state index contributed by atoms with van der Waals surface area (Å²) < 4.78 is 13.6. The minimum absolute atomic E-state index is 0.343. The van der Waals surface area contributed by atoms with Gasteiger partial charge >= 0.3 is 5.16 Å². The highest BCUT2D eigenvalue weighted by atomic mass is 79.9. The van der Waals surface area contributed by atoms with E-state index in [0.29, 0.717) is 5.16 Å². The van der Waals surface area contributed by atoms with Crippen LogP contribution in [0, 0.1) is 0 Å². The van der Waals surface area contributed by atoms with E-state index < -0.39 is 11.2 Å². The molecule has 0 aromatic carbocycles. The third-order valence-electron chi connectivity index (χ3n) is 1.60. The maximum atomic E-state index is 11.1. The van der Waals surface area contributed by atoms with Gasteiger partial charge in [-0.2, -0.15) is 4.98 Å². The molecule has 0 spiro atoms. The van der Waals surface area contributed by atoms with E-state index in [1.54, 1.807) is 23.2 Å². The van der Waals surface area contributed by atoms with Crippen LogP contribution in [0.4, 0.5) is 0 Å². The van der Waals surface area contributed by atoms with Crippen LogP contribution in [0.15, 0.2) is 28.1 Å². The number of rotatable bonds is 1. The molecule has 0 amide bonds. The van der Waals surface area contributed by atoms with Crippen molar-refractivity contribution in [2.75, 3.05) is 6.26 Å². The largest absolute Gasteiger partial charge is 0.609 e. The van der Waals surface area contributed by atoms with E-state index in [9.17, 15) is 4.55 Å². The molecule has 0 saturated carbocycles. The molecule has 13 heavy (non-hydrogen) atoms. The molecule has 0 N–H and O–H groups in total. The fraction of sp³-hybridized carbons (Fsp3) is 0.143. The molecule has 4 nitrogen and oxygen atoms in total. The second-order valence-electron chi connectivity index (χ2n) is 2.49. The van der Waals surface area contributed by atoms with E-state index in [4.69, 9.17) is 0 Å². The van der Waals surface area contributed by atoms with Gasteiger partial charge in [0.15, 0.2) is 0 Å². The van der Waals surface area contributed by atoms with Crippen molar-refractivity contribution in [3.63, 3.8) is 0 Å². The maximum absolute atomic E-state index is 11.1. The first kappa shape index (κ1) is 8.98. The molecule has 0 aliphatic carbocycles. The lowest BCUT2D eigenvalue weighted by atomic mass is 10.5. The Hall–Kier alpha value is -0.590. The van der Waals surface area contributed by atoms with Gasteiger partial charge in [-0.3, -0.25) is 0 Å². The van der Waals surface area contributed by atoms with E-state index in [1.807, 2.05) is 6.07 Å². The van der Waals surface area contributed by atoms with Crippen LogP contribution in [0.25, 0.3) is 5.52 Å². The van der Waals surface area contributed by atoms with Crippen molar-refractivity contribution in [2.45, 2.75) is 5.16 Å². The van der Waals surface area contributed by atoms with Crippen molar-refractivity contribution >= 4 is 32.6 Å². The summed E-state index contributed by atoms with van der Waals surface area (Å²) in [6, 6.07) is 1.87. The van der Waals surface area contributed by atoms with Gasteiger partial charge in [-0.05, 0) is 22.0 Å². The van der Waals surface area contributed by atoms with Crippen LogP contribution in [-0.2, 0) is 11.2 Å². The molecule has 0 fully saturated rings. The van der Waals surface area contributed by atoms with Gasteiger partial charge in [0.1, 0.15) is 6.26 Å². The number of hydrogen-bond donors (Lipinski definition) is 0. The highest BCUT2D eigenvalue weighted by Gasteiger charge is 2.10. The molecular weight excluding hydrogens is 254 g/mol. The average Bonchev–Trinajstić information content (AvgIpc) is 2.47. The molecule has 2 rings (SSSR count). The summed E-state index contributed by atoms with van der Waals surface area (Å²) in [6.45, 7) is 0. The van der Waals surface area contributed by atoms with Gasteiger partial charge in [-0.25, -0.2) is 4.52 Å². The normalized spacial score (nSPS) is 13.5. The van der Waals surface area contributed by atoms with Crippen LogP contribution >= 0.6 is 15.9 Å². The second kappa shape index (κ2) is 3.28. The monoisotopic (exact) mass is 259 g/mol. The SMILES string of the molecule is C[S+]([O-])c1ncc2c(Br)ccn2n1. The minimum atomic E-state index is -1.13. The van der Waals surface area contributed by atoms with Crippen molar-refractivity contribution in [1.82, 2.24) is 14.6 Å². The Bertz CT molecular complexity index is 442. The molecule has 0 aliphatic rings. The van der Waals surface area contributed by atoms with Crippen molar-refractivity contribution in [2.24, 2.45) is 0 Å². The zero-order valence-corrected chi connectivity index (χ0v) is 9.17. The number of hydrogen-bond acceptors (Lipinski definition) is 3. The van der Waals surface area contributed by atoms with Crippen LogP contribution in [-0.4, -0.2) is 25.4 Å². The predicted molar refractivity (Wildman–Crippen MR) is 53.0 cm³/mol. The van der Waals surface area contributed by atoms with Crippen molar-refractivity contribution in [1.29, 1.82) is 0 Å². The number of fused-ring (bicyclic) bond motifs is 1. The summed E-state index contributed by atoms with van der Waals surface area (Å²) in [5.74, 6) is 0. The highest BCUT2D eigenvalue weighted by molar-refractivity contribution is 9.10. The smallest absolute Gasteiger partial charge is 0.359 e. The Labute approximate surface area is 86.3 Å². The minimum Gasteiger partial charge on any atom is -0.609 e. The predicted octanol–water partition coefficient (Wildman–Crippen LogP) is 1.23. The Morgan fingerprint density at radius 1 is 1.62 bits per heavy atom. The van der Waals surface area contributed by atoms with Gasteiger partial charge in [-0.1, -0.05) is 5.10 Å². The molecule has 1 atom stereocenters. The van der Waals surface area contributed by atoms with Crippen LogP contribution in [0.1, 0.15) is 0 Å². The zero-order chi connectivity index (χ0) is 9.42. The van der Waals surface area contributed by atoms with Crippen molar-refractivity contribution < 1.29 is 4.55 Å². The summed E-state index contributed by atoms with van der Waals surface area (Å²) in [7, 11) is 0. The van der Waals surface area contributed by atoms with E-state index in [-0.39, 0.29) is 0 Å². The molecule has 0 saturated heterocycles. The van der Waals surface area contributed by atoms with Crippen LogP contribution < -0.4 is 0 Å². The summed E-state index contributed by atoms with van der Waals surface area (Å²) >= 11 is 2.22. The standard InChI is InChI=1S/C7H6BrN3OS/c1-13(12)7-9-4-6-5(8)2-3-11(6)10-7/h2-4H,1H3. The number of nitrogens with zero attached hydrogens (tertiary/aromatic N) is 3. The number of halogens is 1. The fourth-order valence-electron chi connectivity index (χ4n) is 0.985. The Morgan fingerprint density at radius 2 is 2.38 bits per heavy atom. The van der Waals surface area contributed by atoms with E-state index in [2.05, 4.69) is 26.0 Å². The first-order valence-electron chi connectivity index (χ1n) is 3.52. The zero-order valence-electron chi connectivity index (χ0n) is 6.77. The van der Waals surface area contributed by atoms with Crippen molar-refractivity contribution in [3.8, 4) is 0 Å². The molecule has 0 aliphatic heterocycles. The molecule has 6 heteroatoms. The Morgan fingerprint density at radius 3 is 3.08 bits per heavy atom. The van der Waals surface area contributed by atoms with Gasteiger partial charge in [0, 0.05) is 21.8 Å². The van der Waals surface area contributed by atoms with Gasteiger partial charge < -0.3 is 4.55 Å². The first-order valence-corrected chi connectivity index (χ1v) is 5.87. The summed E-state index contributed by atoms with van der Waals surface area (Å²) in [5.41, 5.74) is 0.870. The topological polar surface area (TPSA) is 53.2 Å². The van der Waals surface area contributed by atoms with Gasteiger partial charge in [0.05, 0.1) is 11.7 Å². The summed E-state index contributed by atoms with van der Waals surface area (Å²) in [4.78, 5) is 3.98. The second-order valence-corrected chi connectivity index (χ2v) is 4.62. The molecule has 2 heterocycles. The fourth-order valence-corrected chi connectivity index (χ4v) is 1.79. The molecular formula is C7H6BrN3OS. The Kier molecular flexibility index (Phi) is 2.27. The summed E-state index contributed by atoms with van der Waals surface area (Å²) in [6.07, 6.45) is 4.99.